The molecular formula is C11H13ClN2O3. The second-order valence-corrected chi connectivity index (χ2v) is 3.63. The van der Waals surface area contributed by atoms with E-state index in [-0.39, 0.29) is 24.0 Å². The smallest absolute Gasteiger partial charge is 0.253 e. The summed E-state index contributed by atoms with van der Waals surface area (Å²) in [5.74, 6) is -0.862. The van der Waals surface area contributed by atoms with Gasteiger partial charge in [-0.1, -0.05) is 18.2 Å². The Hall–Kier alpha value is -1.75. The summed E-state index contributed by atoms with van der Waals surface area (Å²) in [6, 6.07) is 6.78. The zero-order valence-electron chi connectivity index (χ0n) is 9.07. The zero-order chi connectivity index (χ0) is 12.7. The van der Waals surface area contributed by atoms with Crippen molar-refractivity contribution in [3.63, 3.8) is 0 Å². The summed E-state index contributed by atoms with van der Waals surface area (Å²) < 4.78 is 0. The van der Waals surface area contributed by atoms with Gasteiger partial charge in [0.2, 0.25) is 5.91 Å². The number of carbonyl (C=O) groups excluding carboxylic acids is 2. The number of phenols is 1. The van der Waals surface area contributed by atoms with Crippen molar-refractivity contribution >= 4 is 23.4 Å². The lowest BCUT2D eigenvalue weighted by molar-refractivity contribution is -0.127. The van der Waals surface area contributed by atoms with Gasteiger partial charge in [-0.15, -0.1) is 11.6 Å². The van der Waals surface area contributed by atoms with Crippen LogP contribution < -0.4 is 10.9 Å². The Bertz CT molecular complexity index is 409. The lowest BCUT2D eigenvalue weighted by atomic mass is 10.1. The minimum Gasteiger partial charge on any atom is -0.508 e. The number of hydrogen-bond acceptors (Lipinski definition) is 3. The number of halogens is 1. The SMILES string of the molecule is O=C(CCl)NNC(=O)CCc1ccccc1O. The van der Waals surface area contributed by atoms with Gasteiger partial charge in [0.15, 0.2) is 0 Å². The van der Waals surface area contributed by atoms with Gasteiger partial charge in [0, 0.05) is 6.42 Å². The Balaban J connectivity index is 2.34. The third-order valence-electron chi connectivity index (χ3n) is 2.08. The maximum Gasteiger partial charge on any atom is 0.253 e. The molecular weight excluding hydrogens is 244 g/mol. The third kappa shape index (κ3) is 4.74. The summed E-state index contributed by atoms with van der Waals surface area (Å²) in [7, 11) is 0. The Morgan fingerprint density at radius 1 is 1.18 bits per heavy atom. The van der Waals surface area contributed by atoms with Gasteiger partial charge in [-0.25, -0.2) is 0 Å². The molecule has 0 aliphatic rings. The molecule has 0 atom stereocenters. The first-order valence-corrected chi connectivity index (χ1v) is 5.57. The van der Waals surface area contributed by atoms with E-state index in [1.807, 2.05) is 0 Å². The second-order valence-electron chi connectivity index (χ2n) is 3.36. The highest BCUT2D eigenvalue weighted by molar-refractivity contribution is 6.27. The van der Waals surface area contributed by atoms with E-state index in [1.165, 1.54) is 0 Å². The third-order valence-corrected chi connectivity index (χ3v) is 2.32. The average molecular weight is 257 g/mol. The average Bonchev–Trinajstić information content (AvgIpc) is 2.35. The number of phenolic OH excluding ortho intramolecular Hbond substituents is 1. The first kappa shape index (κ1) is 13.3. The van der Waals surface area contributed by atoms with E-state index in [4.69, 9.17) is 11.6 Å². The molecule has 1 aromatic rings. The van der Waals surface area contributed by atoms with Crippen molar-refractivity contribution in [1.82, 2.24) is 10.9 Å². The van der Waals surface area contributed by atoms with Gasteiger partial charge in [0.05, 0.1) is 0 Å². The monoisotopic (exact) mass is 256 g/mol. The van der Waals surface area contributed by atoms with Crippen LogP contribution in [0.15, 0.2) is 24.3 Å². The topological polar surface area (TPSA) is 78.4 Å². The number of aryl methyl sites for hydroxylation is 1. The summed E-state index contributed by atoms with van der Waals surface area (Å²) in [5, 5.41) is 9.46. The van der Waals surface area contributed by atoms with Crippen LogP contribution in [0, 0.1) is 0 Å². The number of alkyl halides is 1. The Labute approximate surface area is 104 Å². The predicted octanol–water partition coefficient (Wildman–Crippen LogP) is 0.711. The normalized spacial score (nSPS) is 9.71. The predicted molar refractivity (Wildman–Crippen MR) is 63.4 cm³/mol. The largest absolute Gasteiger partial charge is 0.508 e. The van der Waals surface area contributed by atoms with Crippen LogP contribution in [0.5, 0.6) is 5.75 Å². The van der Waals surface area contributed by atoms with Gasteiger partial charge in [-0.05, 0) is 18.1 Å². The minimum atomic E-state index is -0.470. The molecule has 92 valence electrons. The van der Waals surface area contributed by atoms with Gasteiger partial charge in [-0.2, -0.15) is 0 Å². The number of benzene rings is 1. The van der Waals surface area contributed by atoms with Gasteiger partial charge in [0.1, 0.15) is 11.6 Å². The number of hydrogen-bond donors (Lipinski definition) is 3. The fraction of sp³-hybridized carbons (Fsp3) is 0.273. The number of rotatable bonds is 4. The van der Waals surface area contributed by atoms with Crippen molar-refractivity contribution in [2.45, 2.75) is 12.8 Å². The molecule has 0 radical (unpaired) electrons. The number of hydrazine groups is 1. The molecule has 3 N–H and O–H groups in total. The Kier molecular flexibility index (Phi) is 5.29. The van der Waals surface area contributed by atoms with Crippen LogP contribution >= 0.6 is 11.6 Å². The molecule has 0 saturated heterocycles. The van der Waals surface area contributed by atoms with Crippen LogP contribution in [0.1, 0.15) is 12.0 Å². The quantitative estimate of drug-likeness (QED) is 0.548. The lowest BCUT2D eigenvalue weighted by Crippen LogP contribution is -2.42. The molecule has 0 aliphatic carbocycles. The van der Waals surface area contributed by atoms with Crippen molar-refractivity contribution in [2.75, 3.05) is 5.88 Å². The highest BCUT2D eigenvalue weighted by atomic mass is 35.5. The first-order valence-electron chi connectivity index (χ1n) is 5.04. The van der Waals surface area contributed by atoms with Crippen molar-refractivity contribution in [3.05, 3.63) is 29.8 Å². The van der Waals surface area contributed by atoms with E-state index in [9.17, 15) is 14.7 Å². The Morgan fingerprint density at radius 2 is 1.82 bits per heavy atom. The molecule has 6 heteroatoms. The molecule has 5 nitrogen and oxygen atoms in total. The van der Waals surface area contributed by atoms with Gasteiger partial charge in [-0.3, -0.25) is 20.4 Å². The number of aromatic hydroxyl groups is 1. The summed E-state index contributed by atoms with van der Waals surface area (Å²) in [6.07, 6.45) is 0.565. The first-order chi connectivity index (χ1) is 8.13. The van der Waals surface area contributed by atoms with E-state index in [2.05, 4.69) is 10.9 Å². The maximum absolute atomic E-state index is 11.3. The number of carbonyl (C=O) groups is 2. The molecule has 0 fully saturated rings. The standard InChI is InChI=1S/C11H13ClN2O3/c12-7-11(17)14-13-10(16)6-5-8-3-1-2-4-9(8)15/h1-4,15H,5-7H2,(H,13,16)(H,14,17). The summed E-state index contributed by atoms with van der Waals surface area (Å²) in [4.78, 5) is 22.0. The van der Waals surface area contributed by atoms with Crippen molar-refractivity contribution in [2.24, 2.45) is 0 Å². The maximum atomic E-state index is 11.3. The molecule has 2 amide bonds. The molecule has 0 aliphatic heterocycles. The van der Waals surface area contributed by atoms with Gasteiger partial charge in [0.25, 0.3) is 5.91 Å². The van der Waals surface area contributed by atoms with E-state index < -0.39 is 5.91 Å². The van der Waals surface area contributed by atoms with E-state index in [0.29, 0.717) is 12.0 Å². The van der Waals surface area contributed by atoms with Gasteiger partial charge >= 0.3 is 0 Å². The molecule has 17 heavy (non-hydrogen) atoms. The number of amides is 2. The van der Waals surface area contributed by atoms with E-state index in [1.54, 1.807) is 24.3 Å². The molecule has 0 heterocycles. The number of nitrogens with one attached hydrogen (secondary N) is 2. The Morgan fingerprint density at radius 3 is 2.47 bits per heavy atom. The molecule has 0 spiro atoms. The van der Waals surface area contributed by atoms with Crippen LogP contribution in [0.25, 0.3) is 0 Å². The summed E-state index contributed by atoms with van der Waals surface area (Å²) >= 11 is 5.23. The van der Waals surface area contributed by atoms with Crippen molar-refractivity contribution in [1.29, 1.82) is 0 Å². The second kappa shape index (κ2) is 6.75. The van der Waals surface area contributed by atoms with Crippen molar-refractivity contribution in [3.8, 4) is 5.75 Å². The summed E-state index contributed by atoms with van der Waals surface area (Å²) in [6.45, 7) is 0. The molecule has 0 bridgehead atoms. The van der Waals surface area contributed by atoms with Crippen LogP contribution in [-0.2, 0) is 16.0 Å². The molecule has 1 aromatic carbocycles. The van der Waals surface area contributed by atoms with Crippen LogP contribution in [-0.4, -0.2) is 22.8 Å². The molecule has 0 saturated carbocycles. The van der Waals surface area contributed by atoms with Crippen LogP contribution in [0.4, 0.5) is 0 Å². The van der Waals surface area contributed by atoms with Crippen LogP contribution in [0.3, 0.4) is 0 Å². The summed E-state index contributed by atoms with van der Waals surface area (Å²) in [5.41, 5.74) is 5.05. The molecule has 0 unspecified atom stereocenters. The van der Waals surface area contributed by atoms with Crippen molar-refractivity contribution < 1.29 is 14.7 Å². The lowest BCUT2D eigenvalue weighted by Gasteiger charge is -2.06. The highest BCUT2D eigenvalue weighted by Crippen LogP contribution is 2.16. The fourth-order valence-electron chi connectivity index (χ4n) is 1.21. The van der Waals surface area contributed by atoms with E-state index in [0.717, 1.165) is 0 Å². The number of para-hydroxylation sites is 1. The van der Waals surface area contributed by atoms with Gasteiger partial charge < -0.3 is 5.11 Å². The minimum absolute atomic E-state index is 0.157. The van der Waals surface area contributed by atoms with Crippen LogP contribution in [0.2, 0.25) is 0 Å². The molecule has 1 rings (SSSR count). The molecule has 0 aromatic heterocycles. The highest BCUT2D eigenvalue weighted by Gasteiger charge is 2.06. The fourth-order valence-corrected chi connectivity index (χ4v) is 1.27. The van der Waals surface area contributed by atoms with E-state index >= 15 is 0 Å². The zero-order valence-corrected chi connectivity index (χ0v) is 9.83.